The minimum atomic E-state index is -1.85. The lowest BCUT2D eigenvalue weighted by molar-refractivity contribution is -0.142. The van der Waals surface area contributed by atoms with Crippen LogP contribution in [0.15, 0.2) is 127 Å². The number of hydrogen-bond acceptors (Lipinski definition) is 18. The number of hydrogen-bond donors (Lipinski definition) is 17. The van der Waals surface area contributed by atoms with Gasteiger partial charge >= 0.3 is 17.9 Å². The third-order valence-electron chi connectivity index (χ3n) is 20.1. The maximum Gasteiger partial charge on any atom is 0.340 e. The number of fused-ring (bicyclic) bond motifs is 7. The Balaban J connectivity index is 0.793. The Morgan fingerprint density at radius 3 is 1.62 bits per heavy atom. The summed E-state index contributed by atoms with van der Waals surface area (Å²) in [6, 6.07) is 26.6. The highest BCUT2D eigenvalue weighted by molar-refractivity contribution is 6.01. The highest BCUT2D eigenvalue weighted by Crippen LogP contribution is 2.57. The molecule has 2 aliphatic rings. The number of carbonyl (C=O) groups is 13. The normalized spacial score (nSPS) is 13.3. The van der Waals surface area contributed by atoms with Gasteiger partial charge in [-0.05, 0) is 103 Å². The Bertz CT molecular complexity index is 4450. The molecule has 6 aromatic rings. The number of unbranched alkanes of at least 4 members (excludes halogenated alkanes) is 15. The summed E-state index contributed by atoms with van der Waals surface area (Å²) in [6.07, 6.45) is 16.7. The van der Waals surface area contributed by atoms with E-state index in [1.807, 2.05) is 12.1 Å². The molecule has 0 bridgehead atoms. The lowest BCUT2D eigenvalue weighted by Gasteiger charge is -2.36. The van der Waals surface area contributed by atoms with Crippen molar-refractivity contribution in [3.8, 4) is 23.0 Å². The van der Waals surface area contributed by atoms with Gasteiger partial charge < -0.3 is 94.1 Å². The van der Waals surface area contributed by atoms with Crippen LogP contribution < -0.4 is 69.0 Å². The van der Waals surface area contributed by atoms with Crippen molar-refractivity contribution in [1.29, 1.82) is 5.41 Å². The smallest absolute Gasteiger partial charge is 0.340 e. The van der Waals surface area contributed by atoms with Gasteiger partial charge in [-0.3, -0.25) is 58.1 Å². The lowest BCUT2D eigenvalue weighted by Crippen LogP contribution is -2.56. The van der Waals surface area contributed by atoms with E-state index >= 15 is 0 Å². The zero-order valence-electron chi connectivity index (χ0n) is 65.7. The largest absolute Gasteiger partial charge is 0.508 e. The van der Waals surface area contributed by atoms with Crippen LogP contribution in [0.1, 0.15) is 209 Å². The van der Waals surface area contributed by atoms with Crippen LogP contribution in [0.3, 0.4) is 0 Å². The van der Waals surface area contributed by atoms with Crippen LogP contribution in [0.5, 0.6) is 23.0 Å². The number of phenolic OH excluding ortho intramolecular Hbond substituents is 2. The number of aliphatic carboxylic acids is 2. The number of aromatic hydroxyl groups is 2. The van der Waals surface area contributed by atoms with E-state index in [1.54, 1.807) is 60.7 Å². The van der Waals surface area contributed by atoms with Gasteiger partial charge in [0.25, 0.3) is 5.91 Å². The maximum absolute atomic E-state index is 14.6. The molecule has 0 aromatic heterocycles. The van der Waals surface area contributed by atoms with Crippen LogP contribution in [0.25, 0.3) is 10.8 Å². The fraction of sp³-hybridized carbons (Fsp3) is 0.435. The van der Waals surface area contributed by atoms with E-state index in [1.165, 1.54) is 119 Å². The predicted octanol–water partition coefficient (Wildman–Crippen LogP) is 6.70. The third kappa shape index (κ3) is 28.1. The second-order valence-corrected chi connectivity index (χ2v) is 29.2. The molecule has 6 aromatic carbocycles. The van der Waals surface area contributed by atoms with Crippen molar-refractivity contribution in [2.24, 2.45) is 5.73 Å². The topological polar surface area (TPSA) is 503 Å². The highest BCUT2D eigenvalue weighted by Gasteiger charge is 2.54. The maximum atomic E-state index is 14.6. The van der Waals surface area contributed by atoms with Gasteiger partial charge in [0.15, 0.2) is 11.6 Å². The monoisotopic (exact) mass is 1610 g/mol. The number of rotatable bonds is 50. The van der Waals surface area contributed by atoms with E-state index in [0.29, 0.717) is 39.6 Å². The van der Waals surface area contributed by atoms with Crippen molar-refractivity contribution in [2.75, 3.05) is 39.3 Å². The summed E-state index contributed by atoms with van der Waals surface area (Å²) in [5.41, 5.74) is 6.24. The van der Waals surface area contributed by atoms with E-state index < -0.39 is 146 Å². The second-order valence-electron chi connectivity index (χ2n) is 29.2. The number of carboxylic acids is 2. The number of benzene rings is 6. The van der Waals surface area contributed by atoms with Crippen molar-refractivity contribution in [2.45, 2.75) is 197 Å². The molecular formula is C85H107N13O19. The molecule has 0 saturated carbocycles. The molecule has 1 spiro atoms. The first-order valence-electron chi connectivity index (χ1n) is 39.9. The third-order valence-corrected chi connectivity index (χ3v) is 20.1. The molecule has 10 amide bonds. The molecule has 18 N–H and O–H groups in total. The quantitative estimate of drug-likeness (QED) is 0.00817. The standard InChI is InChI=1S/C85H107N13O19/c1-2-3-4-5-6-7-8-9-10-11-12-13-14-15-19-34-71(101)90-51-75(105)94-64(33-25-42-89-84(86)87)80(111)97-66(59-31-24-29-54-28-20-21-30-58(54)59)47-72(102)96-67(43-53-26-17-16-18-27-53)81(112)98-68(48-77(107)108)79(110)93-50-74(104)91-49-73(103)92-52-76(106)95-65(82(113)114)32-22-23-41-88-78(109)55-35-38-60-63(44-55)85(117-83(60)115)61-39-36-56(99)45-69(61)116-70-46-57(100)37-40-62(70)85/h16-18,20-21,24,26-31,35-40,44-46,64-68,99-100H,2-15,19,22-23,25,32-34,41-43,47-52H2,1H3,(H,88,109)(H,90,101)(H,91,104)(H,92,103)(H,93,110)(H,94,105)(H,95,106)(H,96,102)(H,97,111)(H,98,112)(H,107,108)(H,113,114)(H4,86,87,89)/t64-,65-,66-,67-,68-/m0/s1. The van der Waals surface area contributed by atoms with Crippen LogP contribution in [0.2, 0.25) is 0 Å². The molecule has 0 saturated heterocycles. The van der Waals surface area contributed by atoms with Crippen LogP contribution >= 0.6 is 0 Å². The van der Waals surface area contributed by atoms with Crippen LogP contribution in [-0.2, 0) is 69.5 Å². The van der Waals surface area contributed by atoms with E-state index in [4.69, 9.17) is 20.6 Å². The van der Waals surface area contributed by atoms with Gasteiger partial charge in [-0.25, -0.2) is 9.59 Å². The number of guanidine groups is 1. The Hall–Kier alpha value is -12.6. The minimum absolute atomic E-state index is 0.0224. The average molecular weight is 1610 g/mol. The molecule has 32 heteroatoms. The summed E-state index contributed by atoms with van der Waals surface area (Å²) in [4.78, 5) is 174. The zero-order valence-corrected chi connectivity index (χ0v) is 65.7. The molecule has 626 valence electrons. The number of ether oxygens (including phenoxy) is 2. The molecule has 0 unspecified atom stereocenters. The Morgan fingerprint density at radius 1 is 0.462 bits per heavy atom. The molecule has 0 fully saturated rings. The Labute approximate surface area is 678 Å². The fourth-order valence-corrected chi connectivity index (χ4v) is 14.1. The molecule has 5 atom stereocenters. The van der Waals surface area contributed by atoms with Crippen molar-refractivity contribution >= 4 is 93.7 Å². The first-order chi connectivity index (χ1) is 56.3. The van der Waals surface area contributed by atoms with Gasteiger partial charge in [0.1, 0.15) is 47.2 Å². The first kappa shape index (κ1) is 89.9. The zero-order chi connectivity index (χ0) is 84.2. The molecule has 8 rings (SSSR count). The number of carbonyl (C=O) groups excluding carboxylic acids is 11. The summed E-state index contributed by atoms with van der Waals surface area (Å²) in [5, 5.41) is 77.3. The van der Waals surface area contributed by atoms with E-state index in [-0.39, 0.29) is 104 Å². The van der Waals surface area contributed by atoms with Gasteiger partial charge in [0.05, 0.1) is 50.6 Å². The number of amides is 10. The van der Waals surface area contributed by atoms with E-state index in [2.05, 4.69) is 65.4 Å². The summed E-state index contributed by atoms with van der Waals surface area (Å²) in [7, 11) is 0. The predicted molar refractivity (Wildman–Crippen MR) is 432 cm³/mol. The van der Waals surface area contributed by atoms with Crippen molar-refractivity contribution in [3.05, 3.63) is 166 Å². The van der Waals surface area contributed by atoms with E-state index in [0.717, 1.165) is 31.1 Å². The number of phenols is 2. The summed E-state index contributed by atoms with van der Waals surface area (Å²) in [5.74, 6) is -11.9. The van der Waals surface area contributed by atoms with Crippen molar-refractivity contribution in [3.63, 3.8) is 0 Å². The van der Waals surface area contributed by atoms with E-state index in [9.17, 15) is 82.8 Å². The molecule has 0 radical (unpaired) electrons. The molecule has 32 nitrogen and oxygen atoms in total. The fourth-order valence-electron chi connectivity index (χ4n) is 14.1. The van der Waals surface area contributed by atoms with Gasteiger partial charge in [-0.2, -0.15) is 0 Å². The number of carboxylic acid groups (broad SMARTS) is 2. The van der Waals surface area contributed by atoms with Crippen molar-refractivity contribution < 1.29 is 92.2 Å². The van der Waals surface area contributed by atoms with Gasteiger partial charge in [-0.1, -0.05) is 170 Å². The van der Waals surface area contributed by atoms with Crippen LogP contribution in [0, 0.1) is 5.41 Å². The average Bonchev–Trinajstić information content (AvgIpc) is 1.58. The molecular weight excluding hydrogens is 1510 g/mol. The second kappa shape index (κ2) is 46.0. The molecule has 0 aliphatic carbocycles. The van der Waals surface area contributed by atoms with Crippen LogP contribution in [0.4, 0.5) is 0 Å². The van der Waals surface area contributed by atoms with Gasteiger partial charge in [-0.15, -0.1) is 0 Å². The highest BCUT2D eigenvalue weighted by atomic mass is 16.6. The summed E-state index contributed by atoms with van der Waals surface area (Å²) in [6.45, 7) is -0.304. The van der Waals surface area contributed by atoms with Gasteiger partial charge in [0, 0.05) is 60.3 Å². The number of nitrogens with one attached hydrogen (secondary N) is 12. The summed E-state index contributed by atoms with van der Waals surface area (Å²) >= 11 is 0. The Kier molecular flexibility index (Phi) is 35.4. The van der Waals surface area contributed by atoms with Crippen LogP contribution in [-0.4, -0.2) is 167 Å². The lowest BCUT2D eigenvalue weighted by atomic mass is 9.77. The SMILES string of the molecule is CCCCCCCCCCCCCCCCCC(=O)NCC(=O)N[C@@H](CCCNC(=N)N)C(=O)N[C@@H](CC(=O)N[C@@H](Cc1ccccc1)C(=O)N[C@@H](CC(=O)O)C(=O)NCC(=O)NCC(=O)NCC(=O)N[C@@H](CCCCNC(=O)c1ccc2c(c1)C1(OC2=O)c2ccc(O)cc2Oc2cc(O)ccc21)C(=O)O)c1cccc2ccccc12. The number of esters is 1. The minimum Gasteiger partial charge on any atom is -0.508 e. The van der Waals surface area contributed by atoms with Gasteiger partial charge in [0.2, 0.25) is 53.2 Å². The Morgan fingerprint density at radius 2 is 1.00 bits per heavy atom. The molecule has 117 heavy (non-hydrogen) atoms. The first-order valence-corrected chi connectivity index (χ1v) is 39.9. The van der Waals surface area contributed by atoms with Crippen molar-refractivity contribution in [1.82, 2.24) is 58.5 Å². The summed E-state index contributed by atoms with van der Waals surface area (Å²) < 4.78 is 12.1. The molecule has 2 heterocycles. The number of nitrogens with two attached hydrogens (primary N) is 1. The molecule has 2 aliphatic heterocycles.